The predicted molar refractivity (Wildman–Crippen MR) is 88.1 cm³/mol. The van der Waals surface area contributed by atoms with Gasteiger partial charge in [-0.25, -0.2) is 0 Å². The van der Waals surface area contributed by atoms with E-state index in [2.05, 4.69) is 0 Å². The SMILES string of the molecule is FC(F)(F)C(SC(c1ccccc1)(C(F)(F)F)C(F)(F)F)(c1ccccc1)C(F)(F)F. The van der Waals surface area contributed by atoms with Crippen LogP contribution in [-0.4, -0.2) is 24.7 Å². The lowest BCUT2D eigenvalue weighted by molar-refractivity contribution is -0.282. The van der Waals surface area contributed by atoms with Crippen molar-refractivity contribution in [2.45, 2.75) is 34.2 Å². The van der Waals surface area contributed by atoms with Crippen LogP contribution in [0.4, 0.5) is 52.7 Å². The molecule has 31 heavy (non-hydrogen) atoms. The number of benzene rings is 2. The van der Waals surface area contributed by atoms with Crippen molar-refractivity contribution in [3.63, 3.8) is 0 Å². The molecule has 0 bridgehead atoms. The summed E-state index contributed by atoms with van der Waals surface area (Å²) in [5.74, 6) is 0. The second kappa shape index (κ2) is 7.82. The summed E-state index contributed by atoms with van der Waals surface area (Å²) in [4.78, 5) is 0. The third kappa shape index (κ3) is 4.08. The van der Waals surface area contributed by atoms with Gasteiger partial charge in [-0.05, 0) is 11.1 Å². The molecule has 0 saturated carbocycles. The van der Waals surface area contributed by atoms with Crippen LogP contribution in [-0.2, 0) is 9.49 Å². The predicted octanol–water partition coefficient (Wildman–Crippen LogP) is 7.76. The molecule has 0 N–H and O–H groups in total. The van der Waals surface area contributed by atoms with Crippen molar-refractivity contribution in [3.05, 3.63) is 71.8 Å². The third-order valence-corrected chi connectivity index (χ3v) is 6.27. The van der Waals surface area contributed by atoms with Gasteiger partial charge in [0.2, 0.25) is 9.49 Å². The minimum Gasteiger partial charge on any atom is -0.169 e. The lowest BCUT2D eigenvalue weighted by atomic mass is 9.95. The second-order valence-corrected chi connectivity index (χ2v) is 7.62. The van der Waals surface area contributed by atoms with Crippen molar-refractivity contribution in [2.75, 3.05) is 0 Å². The molecule has 0 amide bonds. The van der Waals surface area contributed by atoms with Crippen LogP contribution in [0.15, 0.2) is 60.7 Å². The van der Waals surface area contributed by atoms with Crippen LogP contribution in [0, 0.1) is 0 Å². The monoisotopic (exact) mass is 486 g/mol. The molecule has 2 aromatic carbocycles. The Kier molecular flexibility index (Phi) is 6.36. The quantitative estimate of drug-likeness (QED) is 0.398. The molecule has 0 unspecified atom stereocenters. The van der Waals surface area contributed by atoms with Gasteiger partial charge in [-0.2, -0.15) is 52.7 Å². The molecule has 0 aromatic heterocycles. The molecule has 0 aliphatic heterocycles. The Labute approximate surface area is 171 Å². The normalized spacial score (nSPS) is 14.6. The van der Waals surface area contributed by atoms with E-state index in [4.69, 9.17) is 0 Å². The maximum Gasteiger partial charge on any atom is 0.416 e. The summed E-state index contributed by atoms with van der Waals surface area (Å²) in [6, 6.07) is 5.22. The minimum absolute atomic E-state index is 0.177. The molecule has 2 aromatic rings. The summed E-state index contributed by atoms with van der Waals surface area (Å²) in [5.41, 5.74) is -3.65. The Morgan fingerprint density at radius 2 is 0.613 bits per heavy atom. The second-order valence-electron chi connectivity index (χ2n) is 6.19. The Balaban J connectivity index is 3.04. The van der Waals surface area contributed by atoms with Gasteiger partial charge in [0, 0.05) is 0 Å². The highest BCUT2D eigenvalue weighted by molar-refractivity contribution is 8.01. The molecule has 0 saturated heterocycles. The molecule has 0 atom stereocenters. The summed E-state index contributed by atoms with van der Waals surface area (Å²) in [5, 5.41) is 0. The number of halogens is 12. The van der Waals surface area contributed by atoms with Gasteiger partial charge in [0.05, 0.1) is 0 Å². The fourth-order valence-electron chi connectivity index (χ4n) is 2.90. The van der Waals surface area contributed by atoms with Gasteiger partial charge < -0.3 is 0 Å². The zero-order valence-electron chi connectivity index (χ0n) is 14.7. The number of hydrogen-bond acceptors (Lipinski definition) is 1. The average molecular weight is 486 g/mol. The van der Waals surface area contributed by atoms with E-state index in [1.54, 1.807) is 0 Å². The lowest BCUT2D eigenvalue weighted by Gasteiger charge is -2.45. The summed E-state index contributed by atoms with van der Waals surface area (Å²) in [6.45, 7) is 0. The van der Waals surface area contributed by atoms with Crippen molar-refractivity contribution in [3.8, 4) is 0 Å². The smallest absolute Gasteiger partial charge is 0.169 e. The van der Waals surface area contributed by atoms with Crippen molar-refractivity contribution in [2.24, 2.45) is 0 Å². The maximum atomic E-state index is 13.9. The molecule has 172 valence electrons. The van der Waals surface area contributed by atoms with Crippen LogP contribution >= 0.6 is 11.8 Å². The maximum absolute atomic E-state index is 13.9. The molecule has 0 fully saturated rings. The molecule has 0 aliphatic carbocycles. The van der Waals surface area contributed by atoms with Crippen molar-refractivity contribution in [1.82, 2.24) is 0 Å². The standard InChI is InChI=1S/C18H10F12S/c19-15(20,21)13(16(22,23)24,11-7-3-1-4-8-11)31-14(17(25,26)27,18(28,29)30)12-9-5-2-6-10-12/h1-10H. The number of hydrogen-bond donors (Lipinski definition) is 0. The molecule has 0 nitrogen and oxygen atoms in total. The van der Waals surface area contributed by atoms with E-state index in [0.29, 0.717) is 24.3 Å². The fraction of sp³-hybridized carbons (Fsp3) is 0.333. The molecule has 0 radical (unpaired) electrons. The average Bonchev–Trinajstić information content (AvgIpc) is 2.59. The Hall–Kier alpha value is -2.05. The van der Waals surface area contributed by atoms with Crippen molar-refractivity contribution < 1.29 is 52.7 Å². The van der Waals surface area contributed by atoms with Crippen molar-refractivity contribution >= 4 is 11.8 Å². The first-order valence-electron chi connectivity index (χ1n) is 8.00. The van der Waals surface area contributed by atoms with Crippen LogP contribution in [0.1, 0.15) is 11.1 Å². The molecule has 13 heteroatoms. The Morgan fingerprint density at radius 1 is 0.387 bits per heavy atom. The van der Waals surface area contributed by atoms with Crippen LogP contribution in [0.3, 0.4) is 0 Å². The van der Waals surface area contributed by atoms with E-state index in [0.717, 1.165) is 12.1 Å². The lowest BCUT2D eigenvalue weighted by Crippen LogP contribution is -2.60. The third-order valence-electron chi connectivity index (χ3n) is 4.26. The van der Waals surface area contributed by atoms with E-state index in [9.17, 15) is 52.7 Å². The first-order valence-corrected chi connectivity index (χ1v) is 8.81. The van der Waals surface area contributed by atoms with Gasteiger partial charge in [-0.1, -0.05) is 60.7 Å². The first-order chi connectivity index (χ1) is 13.9. The van der Waals surface area contributed by atoms with Gasteiger partial charge in [0.15, 0.2) is 0 Å². The largest absolute Gasteiger partial charge is 0.416 e. The number of rotatable bonds is 4. The molecular weight excluding hydrogens is 476 g/mol. The highest BCUT2D eigenvalue weighted by Crippen LogP contribution is 2.70. The zero-order chi connectivity index (χ0) is 23.9. The van der Waals surface area contributed by atoms with E-state index in [1.165, 1.54) is 0 Å². The van der Waals surface area contributed by atoms with Gasteiger partial charge in [-0.15, -0.1) is 11.8 Å². The summed E-state index contributed by atoms with van der Waals surface area (Å²) < 4.78 is 156. The number of alkyl halides is 12. The Morgan fingerprint density at radius 3 is 0.806 bits per heavy atom. The number of thioether (sulfide) groups is 1. The van der Waals surface area contributed by atoms with Crippen LogP contribution < -0.4 is 0 Å². The molecule has 0 spiro atoms. The van der Waals surface area contributed by atoms with E-state index >= 15 is 0 Å². The van der Waals surface area contributed by atoms with Gasteiger partial charge >= 0.3 is 24.7 Å². The highest BCUT2D eigenvalue weighted by Gasteiger charge is 2.82. The Bertz CT molecular complexity index is 761. The molecule has 0 heterocycles. The highest BCUT2D eigenvalue weighted by atomic mass is 32.2. The van der Waals surface area contributed by atoms with E-state index in [-0.39, 0.29) is 24.3 Å². The zero-order valence-corrected chi connectivity index (χ0v) is 15.5. The molecule has 2 rings (SSSR count). The van der Waals surface area contributed by atoms with Crippen LogP contribution in [0.5, 0.6) is 0 Å². The van der Waals surface area contributed by atoms with Gasteiger partial charge in [0.25, 0.3) is 0 Å². The first kappa shape index (κ1) is 25.2. The summed E-state index contributed by atoms with van der Waals surface area (Å²) in [6.07, 6.45) is -26.4. The molecular formula is C18H10F12S. The van der Waals surface area contributed by atoms with E-state index < -0.39 is 57.1 Å². The summed E-state index contributed by atoms with van der Waals surface area (Å²) >= 11 is -2.28. The topological polar surface area (TPSA) is 0 Å². The van der Waals surface area contributed by atoms with Gasteiger partial charge in [-0.3, -0.25) is 0 Å². The minimum atomic E-state index is -6.59. The van der Waals surface area contributed by atoms with E-state index in [1.807, 2.05) is 0 Å². The molecule has 0 aliphatic rings. The summed E-state index contributed by atoms with van der Waals surface area (Å²) in [7, 11) is 0. The van der Waals surface area contributed by atoms with Crippen LogP contribution in [0.2, 0.25) is 0 Å². The van der Waals surface area contributed by atoms with Gasteiger partial charge in [0.1, 0.15) is 0 Å². The fourth-order valence-corrected chi connectivity index (χ4v) is 4.33. The van der Waals surface area contributed by atoms with Crippen LogP contribution in [0.25, 0.3) is 0 Å². The van der Waals surface area contributed by atoms with Crippen molar-refractivity contribution in [1.29, 1.82) is 0 Å².